The Hall–Kier alpha value is -2.58. The predicted octanol–water partition coefficient (Wildman–Crippen LogP) is 3.75. The second kappa shape index (κ2) is 9.06. The minimum atomic E-state index is -0.194. The molecule has 30 heavy (non-hydrogen) atoms. The van der Waals surface area contributed by atoms with Crippen LogP contribution in [0.2, 0.25) is 0 Å². The number of urea groups is 1. The van der Waals surface area contributed by atoms with Gasteiger partial charge in [0.15, 0.2) is 0 Å². The fraction of sp³-hybridized carbons (Fsp3) is 0.409. The number of carbonyl (C=O) groups excluding carboxylic acids is 2. The van der Waals surface area contributed by atoms with Crippen LogP contribution in [0.3, 0.4) is 0 Å². The Morgan fingerprint density at radius 1 is 1.27 bits per heavy atom. The predicted molar refractivity (Wildman–Crippen MR) is 119 cm³/mol. The molecule has 7 nitrogen and oxygen atoms in total. The number of hydrogen-bond acceptors (Lipinski definition) is 5. The van der Waals surface area contributed by atoms with Gasteiger partial charge in [0.2, 0.25) is 0 Å². The monoisotopic (exact) mass is 426 g/mol. The number of rotatable bonds is 4. The Labute approximate surface area is 180 Å². The minimum absolute atomic E-state index is 0.111. The lowest BCUT2D eigenvalue weighted by Gasteiger charge is -2.30. The molecule has 2 N–H and O–H groups in total. The van der Waals surface area contributed by atoms with Gasteiger partial charge in [0, 0.05) is 42.4 Å². The molecule has 2 aliphatic heterocycles. The number of aryl methyl sites for hydroxylation is 2. The van der Waals surface area contributed by atoms with Crippen molar-refractivity contribution >= 4 is 35.1 Å². The molecule has 1 atom stereocenters. The Bertz CT molecular complexity index is 942. The maximum Gasteiger partial charge on any atom is 0.326 e. The van der Waals surface area contributed by atoms with Gasteiger partial charge < -0.3 is 15.4 Å². The second-order valence-corrected chi connectivity index (χ2v) is 8.67. The summed E-state index contributed by atoms with van der Waals surface area (Å²) in [6.07, 6.45) is 2.14. The molecule has 2 aliphatic rings. The third-order valence-corrected chi connectivity index (χ3v) is 6.21. The number of aromatic nitrogens is 1. The molecular formula is C22H26N4O3S. The molecule has 1 saturated heterocycles. The van der Waals surface area contributed by atoms with Gasteiger partial charge in [0.1, 0.15) is 5.03 Å². The molecule has 1 aromatic heterocycles. The molecule has 3 amide bonds. The molecule has 0 bridgehead atoms. The first kappa shape index (κ1) is 20.7. The Balaban J connectivity index is 1.39. The van der Waals surface area contributed by atoms with E-state index in [2.05, 4.69) is 15.6 Å². The smallest absolute Gasteiger partial charge is 0.326 e. The third-order valence-electron chi connectivity index (χ3n) is 5.26. The molecule has 158 valence electrons. The number of nitrogens with one attached hydrogen (secondary N) is 2. The maximum absolute atomic E-state index is 12.9. The summed E-state index contributed by atoms with van der Waals surface area (Å²) in [4.78, 5) is 31.6. The summed E-state index contributed by atoms with van der Waals surface area (Å²) in [5, 5.41) is 6.74. The van der Waals surface area contributed by atoms with E-state index in [0.717, 1.165) is 47.2 Å². The zero-order chi connectivity index (χ0) is 21.1. The summed E-state index contributed by atoms with van der Waals surface area (Å²) in [5.41, 5.74) is 4.07. The average molecular weight is 427 g/mol. The summed E-state index contributed by atoms with van der Waals surface area (Å²) in [6.45, 7) is 5.88. The zero-order valence-electron chi connectivity index (χ0n) is 17.2. The molecule has 1 unspecified atom stereocenters. The van der Waals surface area contributed by atoms with Crippen LogP contribution in [0.1, 0.15) is 34.5 Å². The largest absolute Gasteiger partial charge is 0.376 e. The highest BCUT2D eigenvalue weighted by molar-refractivity contribution is 7.99. The van der Waals surface area contributed by atoms with Crippen LogP contribution >= 0.6 is 11.8 Å². The number of hydrogen-bond donors (Lipinski definition) is 2. The molecule has 3 heterocycles. The van der Waals surface area contributed by atoms with Gasteiger partial charge in [-0.2, -0.15) is 0 Å². The van der Waals surface area contributed by atoms with Crippen molar-refractivity contribution in [3.63, 3.8) is 0 Å². The standard InChI is InChI=1S/C22H26N4O3S/c1-14-12-15(2)24-21-19(14)26(9-11-30-21)22(28)25-17-7-5-16(6-8-17)20(27)23-13-18-4-3-10-29-18/h5-8,12,18H,3-4,9-11,13H2,1-2H3,(H,23,27)(H,25,28). The van der Waals surface area contributed by atoms with Crippen molar-refractivity contribution in [2.24, 2.45) is 0 Å². The molecule has 4 rings (SSSR count). The van der Waals surface area contributed by atoms with Gasteiger partial charge >= 0.3 is 6.03 Å². The quantitative estimate of drug-likeness (QED) is 0.778. The van der Waals surface area contributed by atoms with Crippen molar-refractivity contribution in [3.05, 3.63) is 47.2 Å². The van der Waals surface area contributed by atoms with E-state index < -0.39 is 0 Å². The number of thioether (sulfide) groups is 1. The van der Waals surface area contributed by atoms with Crippen LogP contribution in [-0.2, 0) is 4.74 Å². The number of anilines is 2. The van der Waals surface area contributed by atoms with Crippen LogP contribution in [0.4, 0.5) is 16.2 Å². The fourth-order valence-electron chi connectivity index (χ4n) is 3.78. The summed E-state index contributed by atoms with van der Waals surface area (Å²) < 4.78 is 5.53. The Morgan fingerprint density at radius 2 is 2.07 bits per heavy atom. The number of pyridine rings is 1. The number of fused-ring (bicyclic) bond motifs is 1. The van der Waals surface area contributed by atoms with Crippen LogP contribution in [0.15, 0.2) is 35.4 Å². The van der Waals surface area contributed by atoms with E-state index in [1.54, 1.807) is 40.9 Å². The molecule has 0 spiro atoms. The number of carbonyl (C=O) groups is 2. The molecule has 2 aromatic rings. The third kappa shape index (κ3) is 4.60. The van der Waals surface area contributed by atoms with Crippen LogP contribution < -0.4 is 15.5 Å². The topological polar surface area (TPSA) is 83.6 Å². The van der Waals surface area contributed by atoms with Gasteiger partial charge in [-0.15, -0.1) is 11.8 Å². The van der Waals surface area contributed by atoms with Crippen LogP contribution in [-0.4, -0.2) is 48.5 Å². The van der Waals surface area contributed by atoms with Gasteiger partial charge in [-0.05, 0) is 62.6 Å². The van der Waals surface area contributed by atoms with E-state index in [4.69, 9.17) is 4.74 Å². The van der Waals surface area contributed by atoms with Gasteiger partial charge in [-0.3, -0.25) is 9.69 Å². The van der Waals surface area contributed by atoms with Crippen molar-refractivity contribution in [2.75, 3.05) is 35.7 Å². The SMILES string of the molecule is Cc1cc(C)c2c(n1)SCCN2C(=O)Nc1ccc(C(=O)NCC2CCCO2)cc1. The Morgan fingerprint density at radius 3 is 2.80 bits per heavy atom. The number of amides is 3. The van der Waals surface area contributed by atoms with Crippen molar-refractivity contribution in [1.82, 2.24) is 10.3 Å². The van der Waals surface area contributed by atoms with Crippen LogP contribution in [0.25, 0.3) is 0 Å². The number of benzene rings is 1. The molecule has 0 aliphatic carbocycles. The summed E-state index contributed by atoms with van der Waals surface area (Å²) in [5.74, 6) is 0.669. The maximum atomic E-state index is 12.9. The first-order chi connectivity index (χ1) is 14.5. The van der Waals surface area contributed by atoms with Crippen molar-refractivity contribution in [3.8, 4) is 0 Å². The molecular weight excluding hydrogens is 400 g/mol. The summed E-state index contributed by atoms with van der Waals surface area (Å²) >= 11 is 1.68. The number of nitrogens with zero attached hydrogens (tertiary/aromatic N) is 2. The molecule has 0 saturated carbocycles. The Kier molecular flexibility index (Phi) is 6.24. The van der Waals surface area contributed by atoms with Crippen molar-refractivity contribution in [1.29, 1.82) is 0 Å². The van der Waals surface area contributed by atoms with Gasteiger partial charge in [-0.1, -0.05) is 0 Å². The second-order valence-electron chi connectivity index (χ2n) is 7.59. The molecule has 0 radical (unpaired) electrons. The first-order valence-electron chi connectivity index (χ1n) is 10.2. The zero-order valence-corrected chi connectivity index (χ0v) is 18.1. The average Bonchev–Trinajstić information content (AvgIpc) is 3.25. The van der Waals surface area contributed by atoms with Crippen molar-refractivity contribution in [2.45, 2.75) is 37.8 Å². The lowest BCUT2D eigenvalue weighted by atomic mass is 10.2. The van der Waals surface area contributed by atoms with Gasteiger partial charge in [-0.25, -0.2) is 9.78 Å². The van der Waals surface area contributed by atoms with Gasteiger partial charge in [0.25, 0.3) is 5.91 Å². The van der Waals surface area contributed by atoms with Crippen molar-refractivity contribution < 1.29 is 14.3 Å². The summed E-state index contributed by atoms with van der Waals surface area (Å²) in [6, 6.07) is 8.74. The van der Waals surface area contributed by atoms with E-state index in [0.29, 0.717) is 24.3 Å². The lowest BCUT2D eigenvalue weighted by Crippen LogP contribution is -2.39. The minimum Gasteiger partial charge on any atom is -0.376 e. The van der Waals surface area contributed by atoms with Crippen LogP contribution in [0.5, 0.6) is 0 Å². The van der Waals surface area contributed by atoms with E-state index in [1.165, 1.54) is 0 Å². The lowest BCUT2D eigenvalue weighted by molar-refractivity contribution is 0.0858. The highest BCUT2D eigenvalue weighted by atomic mass is 32.2. The first-order valence-corrected chi connectivity index (χ1v) is 11.2. The highest BCUT2D eigenvalue weighted by Crippen LogP contribution is 2.36. The van der Waals surface area contributed by atoms with E-state index in [9.17, 15) is 9.59 Å². The normalized spacial score (nSPS) is 18.1. The fourth-order valence-corrected chi connectivity index (χ4v) is 4.87. The molecule has 8 heteroatoms. The molecule has 1 aromatic carbocycles. The summed E-state index contributed by atoms with van der Waals surface area (Å²) in [7, 11) is 0. The van der Waals surface area contributed by atoms with Crippen LogP contribution in [0, 0.1) is 13.8 Å². The molecule has 1 fully saturated rings. The number of ether oxygens (including phenoxy) is 1. The van der Waals surface area contributed by atoms with E-state index in [-0.39, 0.29) is 18.0 Å². The van der Waals surface area contributed by atoms with E-state index in [1.807, 2.05) is 19.9 Å². The highest BCUT2D eigenvalue weighted by Gasteiger charge is 2.26. The van der Waals surface area contributed by atoms with E-state index >= 15 is 0 Å². The van der Waals surface area contributed by atoms with Gasteiger partial charge in [0.05, 0.1) is 11.8 Å².